The highest BCUT2D eigenvalue weighted by Gasteiger charge is 2.27. The van der Waals surface area contributed by atoms with Crippen LogP contribution in [0.15, 0.2) is 40.1 Å². The molecule has 156 valence electrons. The van der Waals surface area contributed by atoms with Crippen LogP contribution in [0.1, 0.15) is 31.9 Å². The molecule has 0 radical (unpaired) electrons. The van der Waals surface area contributed by atoms with Crippen molar-refractivity contribution in [2.75, 3.05) is 24.5 Å². The predicted molar refractivity (Wildman–Crippen MR) is 112 cm³/mol. The van der Waals surface area contributed by atoms with E-state index in [2.05, 4.69) is 10.3 Å². The number of anilines is 1. The monoisotopic (exact) mass is 399 g/mol. The molecule has 3 heterocycles. The average Bonchev–Trinajstić information content (AvgIpc) is 2.75. The molecule has 1 aliphatic heterocycles. The van der Waals surface area contributed by atoms with E-state index >= 15 is 0 Å². The van der Waals surface area contributed by atoms with Crippen molar-refractivity contribution in [3.8, 4) is 0 Å². The normalized spacial score (nSPS) is 16.6. The molecule has 0 bridgehead atoms. The van der Waals surface area contributed by atoms with Gasteiger partial charge in [0.2, 0.25) is 5.91 Å². The van der Waals surface area contributed by atoms with E-state index in [1.165, 1.54) is 13.1 Å². The topological polar surface area (TPSA) is 89.2 Å². The Morgan fingerprint density at radius 2 is 2.14 bits per heavy atom. The second-order valence-corrected chi connectivity index (χ2v) is 7.48. The maximum absolute atomic E-state index is 12.7. The maximum atomic E-state index is 12.7. The standard InChI is InChI=1S/C21H29N5O3/c1-3-12-26-18(14-19(27)24(2)21(26)29)25-13-6-7-16(15-25)20(28)23-11-9-17-8-4-5-10-22-17/h4-5,8,10,14,16H,3,6-7,9,11-13,15H2,1-2H3,(H,23,28). The Labute approximate surface area is 170 Å². The van der Waals surface area contributed by atoms with E-state index in [-0.39, 0.29) is 23.1 Å². The zero-order valence-electron chi connectivity index (χ0n) is 17.1. The van der Waals surface area contributed by atoms with E-state index in [4.69, 9.17) is 0 Å². The summed E-state index contributed by atoms with van der Waals surface area (Å²) in [6.45, 7) is 4.31. The number of rotatable bonds is 7. The van der Waals surface area contributed by atoms with Gasteiger partial charge in [-0.1, -0.05) is 13.0 Å². The summed E-state index contributed by atoms with van der Waals surface area (Å²) in [5, 5.41) is 3.00. The highest BCUT2D eigenvalue weighted by molar-refractivity contribution is 5.79. The van der Waals surface area contributed by atoms with Crippen LogP contribution in [0, 0.1) is 5.92 Å². The number of aromatic nitrogens is 3. The molecule has 3 rings (SSSR count). The quantitative estimate of drug-likeness (QED) is 0.748. The van der Waals surface area contributed by atoms with E-state index in [9.17, 15) is 14.4 Å². The van der Waals surface area contributed by atoms with Gasteiger partial charge in [-0.3, -0.25) is 23.7 Å². The number of carbonyl (C=O) groups excluding carboxylic acids is 1. The minimum atomic E-state index is -0.320. The van der Waals surface area contributed by atoms with Gasteiger partial charge in [0.1, 0.15) is 5.82 Å². The maximum Gasteiger partial charge on any atom is 0.332 e. The van der Waals surface area contributed by atoms with Crippen LogP contribution in [0.3, 0.4) is 0 Å². The van der Waals surface area contributed by atoms with Crippen molar-refractivity contribution in [1.29, 1.82) is 0 Å². The van der Waals surface area contributed by atoms with Crippen molar-refractivity contribution in [1.82, 2.24) is 19.4 Å². The van der Waals surface area contributed by atoms with E-state index in [1.807, 2.05) is 30.0 Å². The molecule has 8 nitrogen and oxygen atoms in total. The third kappa shape index (κ3) is 4.93. The van der Waals surface area contributed by atoms with Crippen molar-refractivity contribution in [2.45, 2.75) is 39.2 Å². The summed E-state index contributed by atoms with van der Waals surface area (Å²) in [5.74, 6) is 0.464. The molecule has 1 fully saturated rings. The first-order valence-electron chi connectivity index (χ1n) is 10.2. The number of pyridine rings is 1. The molecule has 0 saturated carbocycles. The van der Waals surface area contributed by atoms with Crippen LogP contribution in [0.2, 0.25) is 0 Å². The van der Waals surface area contributed by atoms with Gasteiger partial charge in [0, 0.05) is 57.6 Å². The van der Waals surface area contributed by atoms with Crippen LogP contribution < -0.4 is 21.5 Å². The number of piperidine rings is 1. The lowest BCUT2D eigenvalue weighted by atomic mass is 9.97. The van der Waals surface area contributed by atoms with Gasteiger partial charge in [-0.25, -0.2) is 4.79 Å². The molecule has 0 aromatic carbocycles. The summed E-state index contributed by atoms with van der Waals surface area (Å²) in [7, 11) is 1.49. The minimum Gasteiger partial charge on any atom is -0.357 e. The first kappa shape index (κ1) is 20.8. The molecule has 8 heteroatoms. The SMILES string of the molecule is CCCn1c(N2CCCC(C(=O)NCCc3ccccn3)C2)cc(=O)n(C)c1=O. The Hall–Kier alpha value is -2.90. The molecule has 1 amide bonds. The summed E-state index contributed by atoms with van der Waals surface area (Å²) in [5.41, 5.74) is 0.317. The lowest BCUT2D eigenvalue weighted by molar-refractivity contribution is -0.125. The Morgan fingerprint density at radius 3 is 2.86 bits per heavy atom. The fraction of sp³-hybridized carbons (Fsp3) is 0.524. The van der Waals surface area contributed by atoms with Gasteiger partial charge >= 0.3 is 5.69 Å². The van der Waals surface area contributed by atoms with Crippen molar-refractivity contribution in [3.05, 3.63) is 57.0 Å². The van der Waals surface area contributed by atoms with Gasteiger partial charge in [-0.2, -0.15) is 0 Å². The molecular formula is C21H29N5O3. The van der Waals surface area contributed by atoms with Crippen LogP contribution in [0.25, 0.3) is 0 Å². The number of nitrogens with zero attached hydrogens (tertiary/aromatic N) is 4. The average molecular weight is 399 g/mol. The van der Waals surface area contributed by atoms with Gasteiger partial charge in [0.05, 0.1) is 5.92 Å². The molecule has 1 unspecified atom stereocenters. The summed E-state index contributed by atoms with van der Waals surface area (Å²) in [6.07, 6.45) is 4.86. The molecule has 0 aliphatic carbocycles. The lowest BCUT2D eigenvalue weighted by Crippen LogP contribution is -2.47. The molecule has 1 saturated heterocycles. The first-order valence-corrected chi connectivity index (χ1v) is 10.2. The summed E-state index contributed by atoms with van der Waals surface area (Å²) < 4.78 is 2.77. The van der Waals surface area contributed by atoms with E-state index in [0.717, 1.165) is 36.1 Å². The van der Waals surface area contributed by atoms with E-state index in [0.29, 0.717) is 31.9 Å². The smallest absolute Gasteiger partial charge is 0.332 e. The Kier molecular flexibility index (Phi) is 6.85. The highest BCUT2D eigenvalue weighted by atomic mass is 16.2. The van der Waals surface area contributed by atoms with Crippen molar-refractivity contribution in [2.24, 2.45) is 13.0 Å². The second-order valence-electron chi connectivity index (χ2n) is 7.48. The highest BCUT2D eigenvalue weighted by Crippen LogP contribution is 2.22. The zero-order valence-corrected chi connectivity index (χ0v) is 17.1. The molecule has 2 aromatic heterocycles. The minimum absolute atomic E-state index is 0.0128. The molecule has 29 heavy (non-hydrogen) atoms. The zero-order chi connectivity index (χ0) is 20.8. The van der Waals surface area contributed by atoms with E-state index in [1.54, 1.807) is 10.8 Å². The molecule has 1 aliphatic rings. The van der Waals surface area contributed by atoms with Gasteiger partial charge < -0.3 is 10.2 Å². The third-order valence-electron chi connectivity index (χ3n) is 5.35. The largest absolute Gasteiger partial charge is 0.357 e. The van der Waals surface area contributed by atoms with E-state index < -0.39 is 0 Å². The molecular weight excluding hydrogens is 370 g/mol. The predicted octanol–water partition coefficient (Wildman–Crippen LogP) is 0.927. The summed E-state index contributed by atoms with van der Waals surface area (Å²) in [6, 6.07) is 7.26. The lowest BCUT2D eigenvalue weighted by Gasteiger charge is -2.34. The number of nitrogens with one attached hydrogen (secondary N) is 1. The fourth-order valence-corrected chi connectivity index (χ4v) is 3.76. The molecule has 0 spiro atoms. The second kappa shape index (κ2) is 9.54. The Balaban J connectivity index is 1.68. The number of hydrogen-bond acceptors (Lipinski definition) is 5. The number of carbonyl (C=O) groups is 1. The van der Waals surface area contributed by atoms with Gasteiger partial charge in [-0.15, -0.1) is 0 Å². The van der Waals surface area contributed by atoms with Crippen LogP contribution in [-0.2, 0) is 24.8 Å². The molecule has 2 aromatic rings. The van der Waals surface area contributed by atoms with Crippen molar-refractivity contribution < 1.29 is 4.79 Å². The number of hydrogen-bond donors (Lipinski definition) is 1. The first-order chi connectivity index (χ1) is 14.0. The third-order valence-corrected chi connectivity index (χ3v) is 5.35. The van der Waals surface area contributed by atoms with Crippen molar-refractivity contribution in [3.63, 3.8) is 0 Å². The Bertz CT molecular complexity index is 951. The van der Waals surface area contributed by atoms with Gasteiger partial charge in [-0.05, 0) is 31.4 Å². The van der Waals surface area contributed by atoms with Gasteiger partial charge in [0.25, 0.3) is 5.56 Å². The number of amides is 1. The molecule has 1 N–H and O–H groups in total. The van der Waals surface area contributed by atoms with Crippen molar-refractivity contribution >= 4 is 11.7 Å². The van der Waals surface area contributed by atoms with Crippen LogP contribution in [-0.4, -0.2) is 39.7 Å². The van der Waals surface area contributed by atoms with Crippen LogP contribution in [0.5, 0.6) is 0 Å². The van der Waals surface area contributed by atoms with Crippen LogP contribution >= 0.6 is 0 Å². The fourth-order valence-electron chi connectivity index (χ4n) is 3.76. The summed E-state index contributed by atoms with van der Waals surface area (Å²) in [4.78, 5) is 43.7. The summed E-state index contributed by atoms with van der Waals surface area (Å²) >= 11 is 0. The molecule has 1 atom stereocenters. The Morgan fingerprint density at radius 1 is 1.31 bits per heavy atom. The van der Waals surface area contributed by atoms with Crippen LogP contribution in [0.4, 0.5) is 5.82 Å². The van der Waals surface area contributed by atoms with Gasteiger partial charge in [0.15, 0.2) is 0 Å².